The van der Waals surface area contributed by atoms with Gasteiger partial charge in [0.2, 0.25) is 11.9 Å². The first-order valence-corrected chi connectivity index (χ1v) is 6.14. The first-order valence-electron chi connectivity index (χ1n) is 5.06. The summed E-state index contributed by atoms with van der Waals surface area (Å²) in [6.45, 7) is 0. The van der Waals surface area contributed by atoms with Crippen LogP contribution < -0.4 is 5.32 Å². The minimum Gasteiger partial charge on any atom is -0.294 e. The van der Waals surface area contributed by atoms with Gasteiger partial charge in [-0.1, -0.05) is 18.2 Å². The molecule has 0 saturated heterocycles. The zero-order chi connectivity index (χ0) is 12.1. The van der Waals surface area contributed by atoms with Gasteiger partial charge in [0, 0.05) is 16.0 Å². The molecule has 86 valence electrons. The van der Waals surface area contributed by atoms with Crippen LogP contribution >= 0.6 is 22.6 Å². The van der Waals surface area contributed by atoms with Gasteiger partial charge in [0.05, 0.1) is 6.42 Å². The van der Waals surface area contributed by atoms with Crippen LogP contribution in [0.25, 0.3) is 0 Å². The summed E-state index contributed by atoms with van der Waals surface area (Å²) >= 11 is 2.21. The van der Waals surface area contributed by atoms with Gasteiger partial charge in [-0.15, -0.1) is 0 Å². The number of anilines is 1. The summed E-state index contributed by atoms with van der Waals surface area (Å²) < 4.78 is 1.08. The first-order chi connectivity index (χ1) is 8.25. The highest BCUT2D eigenvalue weighted by Gasteiger charge is 2.07. The molecule has 0 radical (unpaired) electrons. The highest BCUT2D eigenvalue weighted by atomic mass is 127. The van der Waals surface area contributed by atoms with Gasteiger partial charge in [0.25, 0.3) is 0 Å². The zero-order valence-corrected chi connectivity index (χ0v) is 11.1. The van der Waals surface area contributed by atoms with E-state index in [9.17, 15) is 4.79 Å². The number of carbonyl (C=O) groups is 1. The molecular weight excluding hydrogens is 329 g/mol. The summed E-state index contributed by atoms with van der Waals surface area (Å²) in [5.41, 5.74) is 1.00. The number of benzene rings is 1. The molecule has 0 spiro atoms. The Kier molecular flexibility index (Phi) is 4.03. The Balaban J connectivity index is 2.01. The second-order valence-electron chi connectivity index (χ2n) is 3.39. The molecule has 1 aromatic heterocycles. The van der Waals surface area contributed by atoms with Crippen LogP contribution in [-0.4, -0.2) is 15.9 Å². The molecule has 1 amide bonds. The molecule has 0 aliphatic heterocycles. The Bertz CT molecular complexity index is 516. The summed E-state index contributed by atoms with van der Waals surface area (Å²) in [6, 6.07) is 9.48. The molecule has 2 aromatic rings. The Morgan fingerprint density at radius 1 is 1.18 bits per heavy atom. The quantitative estimate of drug-likeness (QED) is 0.873. The van der Waals surface area contributed by atoms with Crippen molar-refractivity contribution in [2.45, 2.75) is 6.42 Å². The average molecular weight is 339 g/mol. The van der Waals surface area contributed by atoms with Crippen molar-refractivity contribution in [3.8, 4) is 0 Å². The van der Waals surface area contributed by atoms with Crippen LogP contribution in [0.1, 0.15) is 5.56 Å². The van der Waals surface area contributed by atoms with Gasteiger partial charge in [-0.2, -0.15) is 0 Å². The monoisotopic (exact) mass is 339 g/mol. The summed E-state index contributed by atoms with van der Waals surface area (Å²) in [5.74, 6) is 0.226. The molecule has 1 aromatic carbocycles. The van der Waals surface area contributed by atoms with Gasteiger partial charge in [0.15, 0.2) is 0 Å². The van der Waals surface area contributed by atoms with Gasteiger partial charge in [-0.25, -0.2) is 9.97 Å². The SMILES string of the molecule is O=C(Cc1ccccc1I)Nc1ncccn1. The molecule has 0 atom stereocenters. The number of carbonyl (C=O) groups excluding carboxylic acids is 1. The lowest BCUT2D eigenvalue weighted by Gasteiger charge is -2.04. The lowest BCUT2D eigenvalue weighted by molar-refractivity contribution is -0.115. The summed E-state index contributed by atoms with van der Waals surface area (Å²) in [4.78, 5) is 19.6. The molecule has 1 heterocycles. The minimum absolute atomic E-state index is 0.111. The number of hydrogen-bond acceptors (Lipinski definition) is 3. The number of hydrogen-bond donors (Lipinski definition) is 1. The summed E-state index contributed by atoms with van der Waals surface area (Å²) in [7, 11) is 0. The number of amides is 1. The van der Waals surface area contributed by atoms with Crippen LogP contribution in [0, 0.1) is 3.57 Å². The van der Waals surface area contributed by atoms with E-state index in [1.54, 1.807) is 18.5 Å². The van der Waals surface area contributed by atoms with E-state index in [-0.39, 0.29) is 5.91 Å². The maximum Gasteiger partial charge on any atom is 0.231 e. The van der Waals surface area contributed by atoms with Gasteiger partial charge in [-0.3, -0.25) is 10.1 Å². The number of nitrogens with one attached hydrogen (secondary N) is 1. The van der Waals surface area contributed by atoms with Crippen LogP contribution in [0.2, 0.25) is 0 Å². The van der Waals surface area contributed by atoms with Crippen molar-refractivity contribution in [2.24, 2.45) is 0 Å². The van der Waals surface area contributed by atoms with E-state index in [1.165, 1.54) is 0 Å². The van der Waals surface area contributed by atoms with E-state index >= 15 is 0 Å². The Hall–Kier alpha value is -1.50. The lowest BCUT2D eigenvalue weighted by Crippen LogP contribution is -2.16. The third-order valence-electron chi connectivity index (χ3n) is 2.13. The van der Waals surface area contributed by atoms with Gasteiger partial charge in [-0.05, 0) is 40.3 Å². The second kappa shape index (κ2) is 5.72. The number of rotatable bonds is 3. The minimum atomic E-state index is -0.111. The predicted molar refractivity (Wildman–Crippen MR) is 73.5 cm³/mol. The van der Waals surface area contributed by atoms with Crippen molar-refractivity contribution < 1.29 is 4.79 Å². The van der Waals surface area contributed by atoms with Crippen molar-refractivity contribution in [2.75, 3.05) is 5.32 Å². The van der Waals surface area contributed by atoms with Gasteiger partial charge in [0.1, 0.15) is 0 Å². The normalized spacial score (nSPS) is 9.94. The van der Waals surface area contributed by atoms with E-state index in [1.807, 2.05) is 24.3 Å². The Labute approximate surface area is 113 Å². The van der Waals surface area contributed by atoms with Gasteiger partial charge >= 0.3 is 0 Å². The van der Waals surface area contributed by atoms with E-state index in [2.05, 4.69) is 37.9 Å². The molecule has 17 heavy (non-hydrogen) atoms. The van der Waals surface area contributed by atoms with Crippen molar-refractivity contribution in [3.05, 3.63) is 51.9 Å². The van der Waals surface area contributed by atoms with Crippen LogP contribution in [0.4, 0.5) is 5.95 Å². The molecule has 0 unspecified atom stereocenters. The molecule has 5 heteroatoms. The highest BCUT2D eigenvalue weighted by Crippen LogP contribution is 2.12. The molecule has 0 saturated carbocycles. The fourth-order valence-electron chi connectivity index (χ4n) is 1.35. The Morgan fingerprint density at radius 3 is 2.59 bits per heavy atom. The summed E-state index contributed by atoms with van der Waals surface area (Å²) in [6.07, 6.45) is 3.52. The standard InChI is InChI=1S/C12H10IN3O/c13-10-5-2-1-4-9(10)8-11(17)16-12-14-6-3-7-15-12/h1-7H,8H2,(H,14,15,16,17). The second-order valence-corrected chi connectivity index (χ2v) is 4.55. The van der Waals surface area contributed by atoms with E-state index < -0.39 is 0 Å². The van der Waals surface area contributed by atoms with Crippen LogP contribution in [0.15, 0.2) is 42.7 Å². The van der Waals surface area contributed by atoms with Crippen LogP contribution in [0.3, 0.4) is 0 Å². The van der Waals surface area contributed by atoms with Crippen LogP contribution in [-0.2, 0) is 11.2 Å². The fraction of sp³-hybridized carbons (Fsp3) is 0.0833. The van der Waals surface area contributed by atoms with E-state index in [0.717, 1.165) is 9.13 Å². The molecule has 0 aliphatic carbocycles. The molecule has 1 N–H and O–H groups in total. The maximum atomic E-state index is 11.7. The first kappa shape index (κ1) is 12.0. The third-order valence-corrected chi connectivity index (χ3v) is 3.18. The molecule has 0 aliphatic rings. The molecule has 2 rings (SSSR count). The highest BCUT2D eigenvalue weighted by molar-refractivity contribution is 14.1. The zero-order valence-electron chi connectivity index (χ0n) is 8.93. The smallest absolute Gasteiger partial charge is 0.231 e. The largest absolute Gasteiger partial charge is 0.294 e. The summed E-state index contributed by atoms with van der Waals surface area (Å²) in [5, 5.41) is 2.65. The topological polar surface area (TPSA) is 54.9 Å². The molecular formula is C12H10IN3O. The van der Waals surface area contributed by atoms with E-state index in [4.69, 9.17) is 0 Å². The number of nitrogens with zero attached hydrogens (tertiary/aromatic N) is 2. The molecule has 0 fully saturated rings. The number of halogens is 1. The van der Waals surface area contributed by atoms with Gasteiger partial charge < -0.3 is 0 Å². The lowest BCUT2D eigenvalue weighted by atomic mass is 10.1. The molecule has 0 bridgehead atoms. The fourth-order valence-corrected chi connectivity index (χ4v) is 1.93. The third kappa shape index (κ3) is 3.48. The van der Waals surface area contributed by atoms with Crippen LogP contribution in [0.5, 0.6) is 0 Å². The maximum absolute atomic E-state index is 11.7. The van der Waals surface area contributed by atoms with Crippen molar-refractivity contribution in [1.29, 1.82) is 0 Å². The number of aromatic nitrogens is 2. The molecule has 4 nitrogen and oxygen atoms in total. The average Bonchev–Trinajstić information content (AvgIpc) is 2.33. The van der Waals surface area contributed by atoms with E-state index in [0.29, 0.717) is 12.4 Å². The van der Waals surface area contributed by atoms with Crippen molar-refractivity contribution >= 4 is 34.4 Å². The predicted octanol–water partition coefficient (Wildman–Crippen LogP) is 2.26. The van der Waals surface area contributed by atoms with Crippen molar-refractivity contribution in [1.82, 2.24) is 9.97 Å². The van der Waals surface area contributed by atoms with Crippen molar-refractivity contribution in [3.63, 3.8) is 0 Å². The Morgan fingerprint density at radius 2 is 1.88 bits per heavy atom.